The van der Waals surface area contributed by atoms with E-state index in [0.29, 0.717) is 6.61 Å². The highest BCUT2D eigenvalue weighted by Gasteiger charge is 2.37. The Bertz CT molecular complexity index is 150. The Morgan fingerprint density at radius 3 is 2.69 bits per heavy atom. The van der Waals surface area contributed by atoms with E-state index in [-0.39, 0.29) is 11.7 Å². The molecule has 1 N–H and O–H groups in total. The van der Waals surface area contributed by atoms with Crippen LogP contribution in [0.2, 0.25) is 0 Å². The van der Waals surface area contributed by atoms with Crippen LogP contribution in [0.3, 0.4) is 0 Å². The van der Waals surface area contributed by atoms with E-state index < -0.39 is 6.10 Å². The van der Waals surface area contributed by atoms with E-state index in [4.69, 9.17) is 9.47 Å². The summed E-state index contributed by atoms with van der Waals surface area (Å²) in [5, 5.41) is 9.81. The molecule has 1 fully saturated rings. The first-order valence-electron chi connectivity index (χ1n) is 4.98. The zero-order chi connectivity index (χ0) is 9.90. The van der Waals surface area contributed by atoms with Gasteiger partial charge >= 0.3 is 0 Å². The fourth-order valence-electron chi connectivity index (χ4n) is 1.52. The number of hydrogen-bond acceptors (Lipinski definition) is 3. The fraction of sp³-hybridized carbons (Fsp3) is 1.00. The number of hydrogen-bond donors (Lipinski definition) is 1. The molecule has 1 heterocycles. The average molecular weight is 188 g/mol. The highest BCUT2D eigenvalue weighted by molar-refractivity contribution is 4.87. The van der Waals surface area contributed by atoms with Crippen molar-refractivity contribution in [2.45, 2.75) is 51.4 Å². The van der Waals surface area contributed by atoms with Crippen LogP contribution >= 0.6 is 0 Å². The van der Waals surface area contributed by atoms with E-state index in [9.17, 15) is 5.11 Å². The van der Waals surface area contributed by atoms with Crippen LogP contribution in [-0.4, -0.2) is 36.1 Å². The highest BCUT2D eigenvalue weighted by Crippen LogP contribution is 2.28. The minimum absolute atomic E-state index is 0.166. The summed E-state index contributed by atoms with van der Waals surface area (Å²) in [6, 6.07) is 0. The van der Waals surface area contributed by atoms with Gasteiger partial charge in [-0.1, -0.05) is 0 Å². The summed E-state index contributed by atoms with van der Waals surface area (Å²) in [5.41, 5.74) is -0.380. The zero-order valence-corrected chi connectivity index (χ0v) is 8.75. The average Bonchev–Trinajstić information content (AvgIpc) is 2.49. The van der Waals surface area contributed by atoms with Gasteiger partial charge in [0.15, 0.2) is 0 Å². The van der Waals surface area contributed by atoms with Crippen molar-refractivity contribution in [3.8, 4) is 0 Å². The lowest BCUT2D eigenvalue weighted by Crippen LogP contribution is -2.42. The second-order valence-electron chi connectivity index (χ2n) is 4.16. The highest BCUT2D eigenvalue weighted by atomic mass is 16.5. The van der Waals surface area contributed by atoms with Crippen molar-refractivity contribution in [3.05, 3.63) is 0 Å². The molecule has 1 aliphatic rings. The molecular formula is C10H20O3. The normalized spacial score (nSPS) is 31.2. The summed E-state index contributed by atoms with van der Waals surface area (Å²) in [4.78, 5) is 0. The van der Waals surface area contributed by atoms with Gasteiger partial charge in [0.2, 0.25) is 0 Å². The molecule has 0 aromatic rings. The number of rotatable bonds is 4. The third-order valence-corrected chi connectivity index (χ3v) is 2.54. The summed E-state index contributed by atoms with van der Waals surface area (Å²) in [5.74, 6) is 0. The molecule has 78 valence electrons. The molecule has 1 saturated heterocycles. The maximum Gasteiger partial charge on any atom is 0.106 e. The molecule has 1 rings (SSSR count). The van der Waals surface area contributed by atoms with Gasteiger partial charge in [-0.3, -0.25) is 0 Å². The van der Waals surface area contributed by atoms with Gasteiger partial charge < -0.3 is 14.6 Å². The third kappa shape index (κ3) is 2.93. The number of aliphatic hydroxyl groups is 1. The molecule has 3 nitrogen and oxygen atoms in total. The SMILES string of the molecule is CC(C)OCC(O)C1(C)CCCO1. The van der Waals surface area contributed by atoms with Crippen LogP contribution in [0.4, 0.5) is 0 Å². The van der Waals surface area contributed by atoms with Crippen molar-refractivity contribution >= 4 is 0 Å². The van der Waals surface area contributed by atoms with E-state index in [1.54, 1.807) is 0 Å². The maximum absolute atomic E-state index is 9.81. The Balaban J connectivity index is 2.33. The van der Waals surface area contributed by atoms with Crippen molar-refractivity contribution in [2.24, 2.45) is 0 Å². The van der Waals surface area contributed by atoms with Crippen LogP contribution in [0.15, 0.2) is 0 Å². The van der Waals surface area contributed by atoms with Gasteiger partial charge in [-0.05, 0) is 33.6 Å². The van der Waals surface area contributed by atoms with Crippen molar-refractivity contribution in [1.82, 2.24) is 0 Å². The molecule has 0 aliphatic carbocycles. The lowest BCUT2D eigenvalue weighted by atomic mass is 9.96. The second-order valence-corrected chi connectivity index (χ2v) is 4.16. The minimum Gasteiger partial charge on any atom is -0.388 e. The van der Waals surface area contributed by atoms with Gasteiger partial charge in [-0.15, -0.1) is 0 Å². The van der Waals surface area contributed by atoms with Gasteiger partial charge in [0, 0.05) is 6.61 Å². The number of aliphatic hydroxyl groups excluding tert-OH is 1. The largest absolute Gasteiger partial charge is 0.388 e. The van der Waals surface area contributed by atoms with E-state index in [1.807, 2.05) is 20.8 Å². The van der Waals surface area contributed by atoms with Crippen LogP contribution in [-0.2, 0) is 9.47 Å². The van der Waals surface area contributed by atoms with Crippen molar-refractivity contribution in [1.29, 1.82) is 0 Å². The van der Waals surface area contributed by atoms with Crippen molar-refractivity contribution in [3.63, 3.8) is 0 Å². The van der Waals surface area contributed by atoms with Gasteiger partial charge in [0.1, 0.15) is 6.10 Å². The monoisotopic (exact) mass is 188 g/mol. The first-order valence-corrected chi connectivity index (χ1v) is 4.98. The molecule has 1 aliphatic heterocycles. The smallest absolute Gasteiger partial charge is 0.106 e. The van der Waals surface area contributed by atoms with Crippen LogP contribution < -0.4 is 0 Å². The summed E-state index contributed by atoms with van der Waals surface area (Å²) in [6.45, 7) is 7.01. The van der Waals surface area contributed by atoms with Gasteiger partial charge in [-0.2, -0.15) is 0 Å². The predicted molar refractivity (Wildman–Crippen MR) is 50.7 cm³/mol. The van der Waals surface area contributed by atoms with Crippen molar-refractivity contribution < 1.29 is 14.6 Å². The molecule has 13 heavy (non-hydrogen) atoms. The van der Waals surface area contributed by atoms with Crippen LogP contribution in [0.1, 0.15) is 33.6 Å². The summed E-state index contributed by atoms with van der Waals surface area (Å²) < 4.78 is 10.9. The van der Waals surface area contributed by atoms with E-state index in [1.165, 1.54) is 0 Å². The van der Waals surface area contributed by atoms with Gasteiger partial charge in [0.05, 0.1) is 18.3 Å². The first kappa shape index (κ1) is 11.0. The zero-order valence-electron chi connectivity index (χ0n) is 8.75. The molecule has 0 aromatic heterocycles. The van der Waals surface area contributed by atoms with E-state index in [2.05, 4.69) is 0 Å². The lowest BCUT2D eigenvalue weighted by molar-refractivity contribution is -0.114. The Hall–Kier alpha value is -0.120. The molecule has 0 saturated carbocycles. The summed E-state index contributed by atoms with van der Waals surface area (Å²) in [7, 11) is 0. The molecule has 3 heteroatoms. The standard InChI is InChI=1S/C10H20O3/c1-8(2)12-7-9(11)10(3)5-4-6-13-10/h8-9,11H,4-7H2,1-3H3. The summed E-state index contributed by atoms with van der Waals surface area (Å²) >= 11 is 0. The lowest BCUT2D eigenvalue weighted by Gasteiger charge is -2.29. The number of ether oxygens (including phenoxy) is 2. The quantitative estimate of drug-likeness (QED) is 0.723. The first-order chi connectivity index (χ1) is 6.04. The van der Waals surface area contributed by atoms with Crippen LogP contribution in [0.5, 0.6) is 0 Å². The molecule has 0 spiro atoms. The van der Waals surface area contributed by atoms with Gasteiger partial charge in [0.25, 0.3) is 0 Å². The molecular weight excluding hydrogens is 168 g/mol. The molecule has 0 aromatic carbocycles. The van der Waals surface area contributed by atoms with Crippen LogP contribution in [0, 0.1) is 0 Å². The molecule has 0 radical (unpaired) electrons. The Labute approximate surface area is 80.0 Å². The van der Waals surface area contributed by atoms with E-state index >= 15 is 0 Å². The third-order valence-electron chi connectivity index (χ3n) is 2.54. The fourth-order valence-corrected chi connectivity index (χ4v) is 1.52. The Morgan fingerprint density at radius 2 is 2.23 bits per heavy atom. The van der Waals surface area contributed by atoms with Crippen molar-refractivity contribution in [2.75, 3.05) is 13.2 Å². The van der Waals surface area contributed by atoms with Gasteiger partial charge in [-0.25, -0.2) is 0 Å². The molecule has 2 unspecified atom stereocenters. The second kappa shape index (κ2) is 4.40. The topological polar surface area (TPSA) is 38.7 Å². The molecule has 0 amide bonds. The van der Waals surface area contributed by atoms with Crippen LogP contribution in [0.25, 0.3) is 0 Å². The molecule has 0 bridgehead atoms. The Kier molecular flexibility index (Phi) is 3.71. The predicted octanol–water partition coefficient (Wildman–Crippen LogP) is 1.34. The minimum atomic E-state index is -0.502. The van der Waals surface area contributed by atoms with E-state index in [0.717, 1.165) is 19.4 Å². The maximum atomic E-state index is 9.81. The Morgan fingerprint density at radius 1 is 1.54 bits per heavy atom. The summed E-state index contributed by atoms with van der Waals surface area (Å²) in [6.07, 6.45) is 1.63. The molecule has 2 atom stereocenters.